The maximum atomic E-state index is 5.90. The van der Waals surface area contributed by atoms with E-state index in [9.17, 15) is 0 Å². The van der Waals surface area contributed by atoms with Crippen LogP contribution in [0, 0.1) is 5.92 Å². The van der Waals surface area contributed by atoms with E-state index in [0.29, 0.717) is 24.2 Å². The number of guanidine groups is 1. The third-order valence-corrected chi connectivity index (χ3v) is 4.62. The summed E-state index contributed by atoms with van der Waals surface area (Å²) in [6.45, 7) is 5.71. The van der Waals surface area contributed by atoms with Crippen LogP contribution in [0.1, 0.15) is 39.0 Å². The van der Waals surface area contributed by atoms with Crippen LogP contribution in [0.3, 0.4) is 0 Å². The van der Waals surface area contributed by atoms with Crippen molar-refractivity contribution < 1.29 is 9.47 Å². The first-order valence-electron chi connectivity index (χ1n) is 8.13. The third-order valence-electron chi connectivity index (χ3n) is 4.62. The number of fused-ring (bicyclic) bond motifs is 2. The van der Waals surface area contributed by atoms with E-state index in [1.54, 1.807) is 0 Å². The third kappa shape index (κ3) is 4.69. The van der Waals surface area contributed by atoms with E-state index in [2.05, 4.69) is 17.6 Å². The highest BCUT2D eigenvalue weighted by molar-refractivity contribution is 14.0. The van der Waals surface area contributed by atoms with Crippen molar-refractivity contribution in [1.29, 1.82) is 0 Å². The van der Waals surface area contributed by atoms with Gasteiger partial charge in [0, 0.05) is 26.3 Å². The first kappa shape index (κ1) is 17.3. The summed E-state index contributed by atoms with van der Waals surface area (Å²) in [6, 6.07) is 0.446. The van der Waals surface area contributed by atoms with Gasteiger partial charge in [0.1, 0.15) is 0 Å². The van der Waals surface area contributed by atoms with Gasteiger partial charge >= 0.3 is 0 Å². The van der Waals surface area contributed by atoms with Gasteiger partial charge in [-0.05, 0) is 44.9 Å². The summed E-state index contributed by atoms with van der Waals surface area (Å²) in [5, 5.41) is 6.93. The molecule has 2 bridgehead atoms. The van der Waals surface area contributed by atoms with Gasteiger partial charge in [-0.25, -0.2) is 0 Å². The molecule has 0 aromatic rings. The number of ether oxygens (including phenoxy) is 2. The van der Waals surface area contributed by atoms with Crippen molar-refractivity contribution in [3.63, 3.8) is 0 Å². The van der Waals surface area contributed by atoms with Crippen LogP contribution >= 0.6 is 24.0 Å². The summed E-state index contributed by atoms with van der Waals surface area (Å²) in [7, 11) is 0. The number of rotatable bonds is 4. The highest BCUT2D eigenvalue weighted by Gasteiger charge is 2.41. The number of nitrogens with zero attached hydrogens (tertiary/aromatic N) is 1. The molecule has 2 N–H and O–H groups in total. The topological polar surface area (TPSA) is 54.9 Å². The fourth-order valence-corrected chi connectivity index (χ4v) is 3.43. The van der Waals surface area contributed by atoms with E-state index in [1.165, 1.54) is 12.8 Å². The second-order valence-corrected chi connectivity index (χ2v) is 6.14. The number of halogens is 1. The Morgan fingerprint density at radius 1 is 1.19 bits per heavy atom. The SMILES string of the molecule is CCNC(=NCC1CCOCC1)NC1CC2CCC1O2.I. The van der Waals surface area contributed by atoms with E-state index in [1.807, 2.05) is 0 Å². The molecule has 0 radical (unpaired) electrons. The van der Waals surface area contributed by atoms with Crippen molar-refractivity contribution in [2.24, 2.45) is 10.9 Å². The van der Waals surface area contributed by atoms with Crippen LogP contribution in [-0.2, 0) is 9.47 Å². The van der Waals surface area contributed by atoms with Crippen LogP contribution < -0.4 is 10.6 Å². The molecule has 5 nitrogen and oxygen atoms in total. The maximum absolute atomic E-state index is 5.90. The molecule has 0 aromatic carbocycles. The van der Waals surface area contributed by atoms with E-state index in [4.69, 9.17) is 14.5 Å². The van der Waals surface area contributed by atoms with Crippen molar-refractivity contribution in [1.82, 2.24) is 10.6 Å². The lowest BCUT2D eigenvalue weighted by Crippen LogP contribution is -2.47. The zero-order chi connectivity index (χ0) is 13.8. The molecular formula is C15H28IN3O2. The number of hydrogen-bond acceptors (Lipinski definition) is 3. The average molecular weight is 409 g/mol. The molecule has 0 aromatic heterocycles. The Hall–Kier alpha value is -0.0800. The van der Waals surface area contributed by atoms with Crippen molar-refractivity contribution in [2.45, 2.75) is 57.3 Å². The van der Waals surface area contributed by atoms with E-state index in [0.717, 1.165) is 51.5 Å². The van der Waals surface area contributed by atoms with Crippen LogP contribution in [0.15, 0.2) is 4.99 Å². The molecule has 3 saturated heterocycles. The summed E-state index contributed by atoms with van der Waals surface area (Å²) >= 11 is 0. The minimum atomic E-state index is 0. The van der Waals surface area contributed by atoms with Crippen molar-refractivity contribution in [3.05, 3.63) is 0 Å². The summed E-state index contributed by atoms with van der Waals surface area (Å²) in [6.07, 6.45) is 6.72. The Balaban J connectivity index is 0.00000161. The van der Waals surface area contributed by atoms with Crippen LogP contribution in [0.4, 0.5) is 0 Å². The van der Waals surface area contributed by atoms with Crippen LogP contribution in [0.5, 0.6) is 0 Å². The summed E-state index contributed by atoms with van der Waals surface area (Å²) in [5.41, 5.74) is 0. The zero-order valence-electron chi connectivity index (χ0n) is 12.8. The van der Waals surface area contributed by atoms with Gasteiger partial charge in [-0.15, -0.1) is 24.0 Å². The van der Waals surface area contributed by atoms with Gasteiger partial charge in [0.05, 0.1) is 18.2 Å². The molecule has 21 heavy (non-hydrogen) atoms. The maximum Gasteiger partial charge on any atom is 0.191 e. The van der Waals surface area contributed by atoms with Gasteiger partial charge in [0.25, 0.3) is 0 Å². The lowest BCUT2D eigenvalue weighted by atomic mass is 9.96. The number of hydrogen-bond donors (Lipinski definition) is 2. The standard InChI is InChI=1S/C15H27N3O2.HI/c1-2-16-15(17-10-11-5-7-19-8-6-11)18-13-9-12-3-4-14(13)20-12;/h11-14H,2-10H2,1H3,(H2,16,17,18);1H. The number of aliphatic imine (C=N–C) groups is 1. The first-order valence-corrected chi connectivity index (χ1v) is 8.13. The molecule has 0 saturated carbocycles. The molecule has 3 fully saturated rings. The molecule has 3 rings (SSSR count). The molecule has 0 amide bonds. The first-order chi connectivity index (χ1) is 9.85. The van der Waals surface area contributed by atoms with Gasteiger partial charge in [0.2, 0.25) is 0 Å². The fourth-order valence-electron chi connectivity index (χ4n) is 3.43. The number of nitrogens with one attached hydrogen (secondary N) is 2. The summed E-state index contributed by atoms with van der Waals surface area (Å²) < 4.78 is 11.3. The molecule has 3 heterocycles. The van der Waals surface area contributed by atoms with Gasteiger partial charge in [-0.2, -0.15) is 0 Å². The molecule has 6 heteroatoms. The highest BCUT2D eigenvalue weighted by Crippen LogP contribution is 2.34. The van der Waals surface area contributed by atoms with Gasteiger partial charge in [-0.1, -0.05) is 0 Å². The Kier molecular flexibility index (Phi) is 7.01. The summed E-state index contributed by atoms with van der Waals surface area (Å²) in [4.78, 5) is 4.77. The molecular weight excluding hydrogens is 381 g/mol. The molecule has 0 aliphatic carbocycles. The zero-order valence-corrected chi connectivity index (χ0v) is 15.2. The summed E-state index contributed by atoms with van der Waals surface area (Å²) in [5.74, 6) is 1.63. The van der Waals surface area contributed by atoms with Crippen molar-refractivity contribution >= 4 is 29.9 Å². The molecule has 0 spiro atoms. The lowest BCUT2D eigenvalue weighted by molar-refractivity contribution is 0.0689. The van der Waals surface area contributed by atoms with Crippen LogP contribution in [0.25, 0.3) is 0 Å². The molecule has 3 unspecified atom stereocenters. The quantitative estimate of drug-likeness (QED) is 0.423. The monoisotopic (exact) mass is 409 g/mol. The smallest absolute Gasteiger partial charge is 0.191 e. The van der Waals surface area contributed by atoms with Crippen LogP contribution in [0.2, 0.25) is 0 Å². The van der Waals surface area contributed by atoms with Gasteiger partial charge in [-0.3, -0.25) is 4.99 Å². The second kappa shape index (κ2) is 8.53. The minimum Gasteiger partial charge on any atom is -0.381 e. The largest absolute Gasteiger partial charge is 0.381 e. The van der Waals surface area contributed by atoms with E-state index in [-0.39, 0.29) is 24.0 Å². The van der Waals surface area contributed by atoms with Gasteiger partial charge in [0.15, 0.2) is 5.96 Å². The Morgan fingerprint density at radius 2 is 2.00 bits per heavy atom. The normalized spacial score (nSPS) is 32.8. The average Bonchev–Trinajstić information content (AvgIpc) is 3.09. The van der Waals surface area contributed by atoms with E-state index < -0.39 is 0 Å². The van der Waals surface area contributed by atoms with Gasteiger partial charge < -0.3 is 20.1 Å². The van der Waals surface area contributed by atoms with Crippen molar-refractivity contribution in [3.8, 4) is 0 Å². The lowest BCUT2D eigenvalue weighted by Gasteiger charge is -2.24. The predicted molar refractivity (Wildman–Crippen MR) is 94.4 cm³/mol. The predicted octanol–water partition coefficient (Wildman–Crippen LogP) is 1.91. The van der Waals surface area contributed by atoms with Crippen molar-refractivity contribution in [2.75, 3.05) is 26.3 Å². The van der Waals surface area contributed by atoms with Crippen LogP contribution in [-0.4, -0.2) is 50.5 Å². The molecule has 3 aliphatic heterocycles. The minimum absolute atomic E-state index is 0. The molecule has 3 atom stereocenters. The molecule has 3 aliphatic rings. The highest BCUT2D eigenvalue weighted by atomic mass is 127. The second-order valence-electron chi connectivity index (χ2n) is 6.14. The fraction of sp³-hybridized carbons (Fsp3) is 0.933. The van der Waals surface area contributed by atoms with E-state index >= 15 is 0 Å². The molecule has 122 valence electrons. The Morgan fingerprint density at radius 3 is 2.62 bits per heavy atom. The Labute approximate surface area is 144 Å². The Bertz CT molecular complexity index is 348.